The number of halogens is 1. The molecule has 0 bridgehead atoms. The van der Waals surface area contributed by atoms with Gasteiger partial charge in [0.2, 0.25) is 0 Å². The zero-order chi connectivity index (χ0) is 13.0. The van der Waals surface area contributed by atoms with Crippen molar-refractivity contribution in [2.24, 2.45) is 4.99 Å². The summed E-state index contributed by atoms with van der Waals surface area (Å²) in [6, 6.07) is 10.1. The Balaban J connectivity index is 2.04. The minimum Gasteiger partial charge on any atom is -0.291 e. The molecule has 18 heavy (non-hydrogen) atoms. The molecule has 0 fully saturated rings. The number of nitrogens with zero attached hydrogens (tertiary/aromatic N) is 2. The van der Waals surface area contributed by atoms with Crippen LogP contribution in [0.25, 0.3) is 0 Å². The zero-order valence-electron chi connectivity index (χ0n) is 10.7. The highest BCUT2D eigenvalue weighted by atomic mass is 79.9. The van der Waals surface area contributed by atoms with Crippen LogP contribution in [0.2, 0.25) is 0 Å². The standard InChI is InChI=1S/C15H17BrN2/c1-18(2)15(16)10-8-14(9-11-15)17-12-13-6-4-3-5-7-13/h3-10,12H,11H2,1-2H3. The molecular formula is C15H17BrN2. The van der Waals surface area contributed by atoms with E-state index in [4.69, 9.17) is 0 Å². The van der Waals surface area contributed by atoms with Crippen molar-refractivity contribution in [2.75, 3.05) is 14.1 Å². The van der Waals surface area contributed by atoms with Crippen LogP contribution in [-0.2, 0) is 0 Å². The lowest BCUT2D eigenvalue weighted by Crippen LogP contribution is -2.36. The minimum absolute atomic E-state index is 0.0707. The fourth-order valence-corrected chi connectivity index (χ4v) is 2.01. The van der Waals surface area contributed by atoms with Crippen molar-refractivity contribution in [2.45, 2.75) is 10.9 Å². The SMILES string of the molecule is CN(C)C1(Br)C=CC(N=Cc2ccccc2)=CC1. The summed E-state index contributed by atoms with van der Waals surface area (Å²) < 4.78 is -0.0707. The minimum atomic E-state index is -0.0707. The van der Waals surface area contributed by atoms with Gasteiger partial charge in [-0.25, -0.2) is 0 Å². The maximum Gasteiger partial charge on any atom is 0.0986 e. The zero-order valence-corrected chi connectivity index (χ0v) is 12.3. The highest BCUT2D eigenvalue weighted by Crippen LogP contribution is 2.31. The highest BCUT2D eigenvalue weighted by Gasteiger charge is 2.26. The molecule has 0 amide bonds. The van der Waals surface area contributed by atoms with Gasteiger partial charge in [0.1, 0.15) is 0 Å². The van der Waals surface area contributed by atoms with Gasteiger partial charge in [-0.3, -0.25) is 9.89 Å². The molecular weight excluding hydrogens is 288 g/mol. The molecule has 0 saturated heterocycles. The van der Waals surface area contributed by atoms with Crippen molar-refractivity contribution < 1.29 is 0 Å². The molecule has 2 rings (SSSR count). The Morgan fingerprint density at radius 1 is 1.28 bits per heavy atom. The molecule has 0 spiro atoms. The van der Waals surface area contributed by atoms with E-state index in [-0.39, 0.29) is 4.45 Å². The van der Waals surface area contributed by atoms with Crippen LogP contribution in [0.3, 0.4) is 0 Å². The van der Waals surface area contributed by atoms with Gasteiger partial charge in [0.05, 0.1) is 10.1 Å². The molecule has 0 aliphatic heterocycles. The molecule has 1 atom stereocenters. The Bertz CT molecular complexity index is 488. The van der Waals surface area contributed by atoms with E-state index < -0.39 is 0 Å². The topological polar surface area (TPSA) is 15.6 Å². The first kappa shape index (κ1) is 13.2. The third kappa shape index (κ3) is 3.18. The van der Waals surface area contributed by atoms with E-state index in [1.807, 2.05) is 36.5 Å². The second kappa shape index (κ2) is 5.63. The molecule has 1 aromatic carbocycles. The summed E-state index contributed by atoms with van der Waals surface area (Å²) >= 11 is 3.73. The molecule has 1 aliphatic rings. The Kier molecular flexibility index (Phi) is 4.15. The molecule has 0 N–H and O–H groups in total. The van der Waals surface area contributed by atoms with Gasteiger partial charge in [-0.2, -0.15) is 0 Å². The van der Waals surface area contributed by atoms with Crippen LogP contribution in [0.4, 0.5) is 0 Å². The highest BCUT2D eigenvalue weighted by molar-refractivity contribution is 9.10. The molecule has 0 heterocycles. The molecule has 0 aromatic heterocycles. The average molecular weight is 305 g/mol. The molecule has 1 unspecified atom stereocenters. The molecule has 3 heteroatoms. The van der Waals surface area contributed by atoms with Crippen molar-refractivity contribution in [1.29, 1.82) is 0 Å². The summed E-state index contributed by atoms with van der Waals surface area (Å²) in [6.45, 7) is 0. The van der Waals surface area contributed by atoms with Crippen molar-refractivity contribution in [1.82, 2.24) is 4.90 Å². The number of hydrogen-bond acceptors (Lipinski definition) is 2. The Morgan fingerprint density at radius 2 is 2.00 bits per heavy atom. The quantitative estimate of drug-likeness (QED) is 0.473. The average Bonchev–Trinajstić information content (AvgIpc) is 2.39. The van der Waals surface area contributed by atoms with E-state index in [0.717, 1.165) is 17.7 Å². The Hall–Kier alpha value is -1.19. The lowest BCUT2D eigenvalue weighted by atomic mass is 10.1. The maximum absolute atomic E-state index is 4.49. The van der Waals surface area contributed by atoms with E-state index in [0.29, 0.717) is 0 Å². The predicted molar refractivity (Wildman–Crippen MR) is 81.2 cm³/mol. The van der Waals surface area contributed by atoms with Crippen molar-refractivity contribution in [3.8, 4) is 0 Å². The van der Waals surface area contributed by atoms with E-state index in [1.165, 1.54) is 0 Å². The molecule has 1 aliphatic carbocycles. The van der Waals surface area contributed by atoms with Crippen LogP contribution in [0.15, 0.2) is 59.2 Å². The van der Waals surface area contributed by atoms with Crippen LogP contribution in [0.1, 0.15) is 12.0 Å². The monoisotopic (exact) mass is 304 g/mol. The van der Waals surface area contributed by atoms with Crippen LogP contribution in [0, 0.1) is 0 Å². The summed E-state index contributed by atoms with van der Waals surface area (Å²) in [5.41, 5.74) is 2.13. The van der Waals surface area contributed by atoms with Crippen LogP contribution in [0.5, 0.6) is 0 Å². The number of allylic oxidation sites excluding steroid dienone is 1. The van der Waals surface area contributed by atoms with E-state index in [9.17, 15) is 0 Å². The van der Waals surface area contributed by atoms with E-state index in [1.54, 1.807) is 0 Å². The predicted octanol–water partition coefficient (Wildman–Crippen LogP) is 3.60. The van der Waals surface area contributed by atoms with Gasteiger partial charge in [0, 0.05) is 6.21 Å². The summed E-state index contributed by atoms with van der Waals surface area (Å²) in [4.78, 5) is 6.64. The van der Waals surface area contributed by atoms with Gasteiger partial charge in [0.15, 0.2) is 0 Å². The smallest absolute Gasteiger partial charge is 0.0986 e. The van der Waals surface area contributed by atoms with Crippen LogP contribution in [-0.4, -0.2) is 29.7 Å². The third-order valence-corrected chi connectivity index (χ3v) is 4.31. The van der Waals surface area contributed by atoms with Gasteiger partial charge in [-0.1, -0.05) is 58.4 Å². The van der Waals surface area contributed by atoms with Gasteiger partial charge in [0.25, 0.3) is 0 Å². The Labute approximate surface area is 117 Å². The molecule has 0 radical (unpaired) electrons. The lowest BCUT2D eigenvalue weighted by Gasteiger charge is -2.32. The normalized spacial score (nSPS) is 23.7. The molecule has 2 nitrogen and oxygen atoms in total. The van der Waals surface area contributed by atoms with Gasteiger partial charge < -0.3 is 0 Å². The number of rotatable bonds is 3. The number of benzene rings is 1. The summed E-state index contributed by atoms with van der Waals surface area (Å²) in [5, 5.41) is 0. The fourth-order valence-electron chi connectivity index (χ4n) is 1.71. The Morgan fingerprint density at radius 3 is 2.56 bits per heavy atom. The van der Waals surface area contributed by atoms with Gasteiger partial charge in [-0.15, -0.1) is 0 Å². The second-order valence-electron chi connectivity index (χ2n) is 4.55. The van der Waals surface area contributed by atoms with Crippen LogP contribution >= 0.6 is 15.9 Å². The fraction of sp³-hybridized carbons (Fsp3) is 0.267. The first-order chi connectivity index (χ1) is 8.60. The largest absolute Gasteiger partial charge is 0.291 e. The molecule has 1 aromatic rings. The summed E-state index contributed by atoms with van der Waals surface area (Å²) in [6.07, 6.45) is 9.15. The third-order valence-electron chi connectivity index (χ3n) is 3.01. The maximum atomic E-state index is 4.49. The number of alkyl halides is 1. The first-order valence-corrected chi connectivity index (χ1v) is 6.74. The van der Waals surface area contributed by atoms with E-state index in [2.05, 4.69) is 58.1 Å². The molecule has 94 valence electrons. The second-order valence-corrected chi connectivity index (χ2v) is 5.92. The number of aliphatic imine (C=N–C) groups is 1. The molecule has 0 saturated carbocycles. The summed E-state index contributed by atoms with van der Waals surface area (Å²) in [5.74, 6) is 0. The lowest BCUT2D eigenvalue weighted by molar-refractivity contribution is 0.316. The van der Waals surface area contributed by atoms with Crippen molar-refractivity contribution in [3.63, 3.8) is 0 Å². The summed E-state index contributed by atoms with van der Waals surface area (Å²) in [7, 11) is 4.12. The van der Waals surface area contributed by atoms with Gasteiger partial charge >= 0.3 is 0 Å². The first-order valence-electron chi connectivity index (χ1n) is 5.95. The van der Waals surface area contributed by atoms with Crippen molar-refractivity contribution >= 4 is 22.1 Å². The number of likely N-dealkylation sites (N-methyl/N-ethyl adjacent to an activating group) is 1. The van der Waals surface area contributed by atoms with Gasteiger partial charge in [-0.05, 0) is 32.2 Å². The number of hydrogen-bond donors (Lipinski definition) is 0. The van der Waals surface area contributed by atoms with Crippen molar-refractivity contribution in [3.05, 3.63) is 59.8 Å². The van der Waals surface area contributed by atoms with E-state index >= 15 is 0 Å². The van der Waals surface area contributed by atoms with Crippen LogP contribution < -0.4 is 0 Å².